The van der Waals surface area contributed by atoms with Gasteiger partial charge >= 0.3 is 0 Å². The molecule has 0 amide bonds. The van der Waals surface area contributed by atoms with Gasteiger partial charge in [0.05, 0.1) is 11.6 Å². The minimum Gasteiger partial charge on any atom is -0.310 e. The molecule has 3 rings (SSSR count). The van der Waals surface area contributed by atoms with E-state index in [1.165, 1.54) is 12.0 Å². The van der Waals surface area contributed by atoms with Crippen LogP contribution in [-0.4, -0.2) is 12.4 Å². The summed E-state index contributed by atoms with van der Waals surface area (Å²) in [4.78, 5) is 13.7. The molecule has 2 nitrogen and oxygen atoms in total. The van der Waals surface area contributed by atoms with E-state index in [0.29, 0.717) is 17.2 Å². The molecule has 0 atom stereocenters. The highest BCUT2D eigenvalue weighted by atomic mass is 35.5. The number of carbonyl (C=O) groups is 1. The van der Waals surface area contributed by atoms with Gasteiger partial charge in [-0.15, -0.1) is 0 Å². The Balaban J connectivity index is 2.04. The Morgan fingerprint density at radius 3 is 2.86 bits per heavy atom. The maximum atomic E-state index is 12.7. The van der Waals surface area contributed by atoms with Gasteiger partial charge in [-0.3, -0.25) is 4.79 Å². The van der Waals surface area contributed by atoms with Crippen molar-refractivity contribution < 1.29 is 8.98 Å². The van der Waals surface area contributed by atoms with Crippen LogP contribution in [-0.2, 0) is 10.6 Å². The first-order valence-electron chi connectivity index (χ1n) is 6.95. The zero-order chi connectivity index (χ0) is 14.8. The Kier molecular flexibility index (Phi) is 4.34. The van der Waals surface area contributed by atoms with Crippen LogP contribution in [0.25, 0.3) is 0 Å². The molecule has 0 bridgehead atoms. The summed E-state index contributed by atoms with van der Waals surface area (Å²) >= 11 is 7.60. The van der Waals surface area contributed by atoms with Crippen LogP contribution in [0.2, 0.25) is 5.02 Å². The van der Waals surface area contributed by atoms with Crippen molar-refractivity contribution >= 4 is 29.4 Å². The predicted molar refractivity (Wildman–Crippen MR) is 86.2 cm³/mol. The lowest BCUT2D eigenvalue weighted by Crippen LogP contribution is -2.16. The van der Waals surface area contributed by atoms with Gasteiger partial charge in [-0.25, -0.2) is 0 Å². The van der Waals surface area contributed by atoms with Crippen LogP contribution >= 0.6 is 23.6 Å². The van der Waals surface area contributed by atoms with Crippen LogP contribution in [0.5, 0.6) is 0 Å². The fraction of sp³-hybridized carbons (Fsp3) is 0.235. The molecule has 4 heteroatoms. The topological polar surface area (TPSA) is 26.3 Å². The summed E-state index contributed by atoms with van der Waals surface area (Å²) < 4.78 is 5.56. The number of benzene rings is 2. The summed E-state index contributed by atoms with van der Waals surface area (Å²) in [7, 11) is 0. The van der Waals surface area contributed by atoms with Crippen LogP contribution < -0.4 is 0 Å². The maximum Gasteiger partial charge on any atom is 0.195 e. The third kappa shape index (κ3) is 2.73. The van der Waals surface area contributed by atoms with E-state index in [2.05, 4.69) is 6.92 Å². The molecule has 0 unspecified atom stereocenters. The number of rotatable bonds is 4. The van der Waals surface area contributed by atoms with Crippen molar-refractivity contribution in [1.29, 1.82) is 0 Å². The second-order valence-corrected chi connectivity index (χ2v) is 6.22. The van der Waals surface area contributed by atoms with Crippen molar-refractivity contribution in [1.82, 2.24) is 0 Å². The number of hydrogen-bond acceptors (Lipinski definition) is 3. The van der Waals surface area contributed by atoms with Gasteiger partial charge in [0.2, 0.25) is 0 Å². The fourth-order valence-electron chi connectivity index (χ4n) is 2.51. The second-order valence-electron chi connectivity index (χ2n) is 4.97. The molecule has 0 saturated carbocycles. The van der Waals surface area contributed by atoms with Gasteiger partial charge in [0, 0.05) is 34.5 Å². The number of fused-ring (bicyclic) bond motifs is 2. The van der Waals surface area contributed by atoms with Gasteiger partial charge in [0.15, 0.2) is 5.78 Å². The maximum absolute atomic E-state index is 12.7. The molecule has 108 valence electrons. The van der Waals surface area contributed by atoms with Gasteiger partial charge < -0.3 is 4.18 Å². The summed E-state index contributed by atoms with van der Waals surface area (Å²) in [5, 5.41) is 0.518. The van der Waals surface area contributed by atoms with Crippen molar-refractivity contribution in [2.24, 2.45) is 0 Å². The van der Waals surface area contributed by atoms with Crippen molar-refractivity contribution in [3.05, 3.63) is 63.7 Å². The average Bonchev–Trinajstić information content (AvgIpc) is 2.50. The van der Waals surface area contributed by atoms with E-state index >= 15 is 0 Å². The van der Waals surface area contributed by atoms with E-state index in [0.717, 1.165) is 34.4 Å². The van der Waals surface area contributed by atoms with Crippen LogP contribution in [0.3, 0.4) is 0 Å². The standard InChI is InChI=1S/C17H15ClO2S/c1-2-9-20-21-15-8-7-14(18)16-13(15)10-11-5-3-4-6-12(11)17(16)19/h3-8H,2,9-10H2,1H3. The molecular formula is C17H15ClO2S. The molecule has 2 aromatic carbocycles. The lowest BCUT2D eigenvalue weighted by molar-refractivity contribution is 0.103. The first-order chi connectivity index (χ1) is 10.2. The molecule has 0 fully saturated rings. The smallest absolute Gasteiger partial charge is 0.195 e. The molecule has 0 heterocycles. The van der Waals surface area contributed by atoms with Crippen LogP contribution in [0.1, 0.15) is 40.4 Å². The Morgan fingerprint density at radius 2 is 2.05 bits per heavy atom. The van der Waals surface area contributed by atoms with E-state index in [-0.39, 0.29) is 5.78 Å². The summed E-state index contributed by atoms with van der Waals surface area (Å²) in [5.41, 5.74) is 3.41. The third-order valence-electron chi connectivity index (χ3n) is 3.51. The first kappa shape index (κ1) is 14.6. The van der Waals surface area contributed by atoms with E-state index in [1.807, 2.05) is 30.3 Å². The van der Waals surface area contributed by atoms with Crippen molar-refractivity contribution in [2.75, 3.05) is 6.61 Å². The van der Waals surface area contributed by atoms with Crippen LogP contribution in [0.4, 0.5) is 0 Å². The zero-order valence-corrected chi connectivity index (χ0v) is 13.3. The molecule has 0 radical (unpaired) electrons. The van der Waals surface area contributed by atoms with Crippen LogP contribution in [0.15, 0.2) is 41.3 Å². The Morgan fingerprint density at radius 1 is 1.24 bits per heavy atom. The van der Waals surface area contributed by atoms with Gasteiger partial charge in [0.25, 0.3) is 0 Å². The lowest BCUT2D eigenvalue weighted by atomic mass is 9.85. The largest absolute Gasteiger partial charge is 0.310 e. The second kappa shape index (κ2) is 6.22. The Labute approximate surface area is 133 Å². The number of halogens is 1. The van der Waals surface area contributed by atoms with E-state index < -0.39 is 0 Å². The summed E-state index contributed by atoms with van der Waals surface area (Å²) in [6.45, 7) is 2.75. The molecule has 0 saturated heterocycles. The monoisotopic (exact) mass is 318 g/mol. The molecular weight excluding hydrogens is 304 g/mol. The molecule has 0 aliphatic heterocycles. The lowest BCUT2D eigenvalue weighted by Gasteiger charge is -2.21. The third-order valence-corrected chi connectivity index (χ3v) is 4.67. The fourth-order valence-corrected chi connectivity index (χ4v) is 3.55. The number of hydrogen-bond donors (Lipinski definition) is 0. The quantitative estimate of drug-likeness (QED) is 0.505. The predicted octanol–water partition coefficient (Wildman–Crippen LogP) is 4.91. The number of ketones is 1. The van der Waals surface area contributed by atoms with Crippen molar-refractivity contribution in [3.8, 4) is 0 Å². The Hall–Kier alpha value is -1.29. The SMILES string of the molecule is CCCOSc1ccc(Cl)c2c1Cc1ccccc1C2=O. The molecule has 1 aliphatic rings. The highest BCUT2D eigenvalue weighted by Crippen LogP contribution is 2.37. The van der Waals surface area contributed by atoms with Gasteiger partial charge in [0.1, 0.15) is 0 Å². The normalized spacial score (nSPS) is 13.0. The first-order valence-corrected chi connectivity index (χ1v) is 8.07. The minimum atomic E-state index is 0.00907. The van der Waals surface area contributed by atoms with E-state index in [9.17, 15) is 4.79 Å². The molecule has 21 heavy (non-hydrogen) atoms. The average molecular weight is 319 g/mol. The minimum absolute atomic E-state index is 0.00907. The summed E-state index contributed by atoms with van der Waals surface area (Å²) in [6, 6.07) is 11.4. The summed E-state index contributed by atoms with van der Waals surface area (Å²) in [5.74, 6) is 0.00907. The highest BCUT2D eigenvalue weighted by Gasteiger charge is 2.27. The molecule has 1 aliphatic carbocycles. The van der Waals surface area contributed by atoms with Gasteiger partial charge in [-0.1, -0.05) is 42.8 Å². The Bertz CT molecular complexity index is 697. The van der Waals surface area contributed by atoms with Gasteiger partial charge in [-0.05, 0) is 29.7 Å². The molecule has 0 spiro atoms. The molecule has 0 N–H and O–H groups in total. The highest BCUT2D eigenvalue weighted by molar-refractivity contribution is 7.94. The van der Waals surface area contributed by atoms with Crippen LogP contribution in [0, 0.1) is 0 Å². The van der Waals surface area contributed by atoms with Gasteiger partial charge in [-0.2, -0.15) is 0 Å². The summed E-state index contributed by atoms with van der Waals surface area (Å²) in [6.07, 6.45) is 1.68. The van der Waals surface area contributed by atoms with E-state index in [4.69, 9.17) is 15.8 Å². The van der Waals surface area contributed by atoms with E-state index in [1.54, 1.807) is 6.07 Å². The molecule has 0 aromatic heterocycles. The van der Waals surface area contributed by atoms with Crippen molar-refractivity contribution in [3.63, 3.8) is 0 Å². The molecule has 2 aromatic rings. The number of carbonyl (C=O) groups excluding carboxylic acids is 1. The zero-order valence-electron chi connectivity index (χ0n) is 11.7. The van der Waals surface area contributed by atoms with Crippen molar-refractivity contribution in [2.45, 2.75) is 24.7 Å².